The maximum absolute atomic E-state index is 12.5. The van der Waals surface area contributed by atoms with Crippen LogP contribution in [0.25, 0.3) is 0 Å². The number of carbonyl (C=O) groups excluding carboxylic acids is 1. The van der Waals surface area contributed by atoms with Crippen LogP contribution < -0.4 is 0 Å². The number of nitrogens with zero attached hydrogens (tertiary/aromatic N) is 1. The van der Waals surface area contributed by atoms with Gasteiger partial charge in [-0.3, -0.25) is 4.79 Å². The summed E-state index contributed by atoms with van der Waals surface area (Å²) in [4.78, 5) is 15.1. The molecular weight excluding hydrogens is 290 g/mol. The maximum atomic E-state index is 12.5. The van der Waals surface area contributed by atoms with Crippen molar-refractivity contribution in [3.05, 3.63) is 0 Å². The summed E-state index contributed by atoms with van der Waals surface area (Å²) in [5.41, 5.74) is 0.140. The van der Waals surface area contributed by atoms with Gasteiger partial charge >= 0.3 is 5.97 Å². The molecule has 2 aliphatic rings. The number of piperidine rings is 1. The van der Waals surface area contributed by atoms with Gasteiger partial charge < -0.3 is 14.4 Å². The third-order valence-corrected chi connectivity index (χ3v) is 5.94. The van der Waals surface area contributed by atoms with E-state index in [2.05, 4.69) is 18.7 Å². The molecule has 0 aromatic carbocycles. The molecule has 4 heteroatoms. The average Bonchev–Trinajstić information content (AvgIpc) is 2.52. The summed E-state index contributed by atoms with van der Waals surface area (Å²) in [6, 6.07) is 0.696. The lowest BCUT2D eigenvalue weighted by molar-refractivity contribution is -0.160. The molecule has 1 aliphatic carbocycles. The Morgan fingerprint density at radius 2 is 1.91 bits per heavy atom. The zero-order valence-electron chi connectivity index (χ0n) is 15.5. The zero-order valence-corrected chi connectivity index (χ0v) is 15.5. The summed E-state index contributed by atoms with van der Waals surface area (Å²) in [5, 5.41) is 0. The number of rotatable bonds is 6. The highest BCUT2D eigenvalue weighted by Gasteiger charge is 2.44. The van der Waals surface area contributed by atoms with E-state index in [1.807, 2.05) is 6.92 Å². The largest absolute Gasteiger partial charge is 0.466 e. The van der Waals surface area contributed by atoms with Gasteiger partial charge in [0.15, 0.2) is 0 Å². The molecule has 1 atom stereocenters. The molecule has 2 rings (SSSR count). The minimum Gasteiger partial charge on any atom is -0.466 e. The van der Waals surface area contributed by atoms with Gasteiger partial charge in [-0.25, -0.2) is 0 Å². The Bertz CT molecular complexity index is 386. The smallest absolute Gasteiger partial charge is 0.312 e. The van der Waals surface area contributed by atoms with Crippen LogP contribution in [0.4, 0.5) is 0 Å². The van der Waals surface area contributed by atoms with Gasteiger partial charge in [0.05, 0.1) is 12.0 Å². The minimum atomic E-state index is -0.327. The first-order valence-corrected chi connectivity index (χ1v) is 9.33. The van der Waals surface area contributed by atoms with Crippen LogP contribution in [-0.4, -0.2) is 50.3 Å². The molecule has 0 aromatic heterocycles. The second kappa shape index (κ2) is 7.98. The van der Waals surface area contributed by atoms with E-state index >= 15 is 0 Å². The van der Waals surface area contributed by atoms with Crippen LogP contribution >= 0.6 is 0 Å². The van der Waals surface area contributed by atoms with E-state index in [9.17, 15) is 4.79 Å². The molecule has 1 heterocycles. The summed E-state index contributed by atoms with van der Waals surface area (Å²) in [6.07, 6.45) is 7.88. The second-order valence-electron chi connectivity index (χ2n) is 8.19. The van der Waals surface area contributed by atoms with Crippen molar-refractivity contribution < 1.29 is 14.3 Å². The molecule has 1 aliphatic heterocycles. The summed E-state index contributed by atoms with van der Waals surface area (Å²) < 4.78 is 10.6. The van der Waals surface area contributed by atoms with Crippen molar-refractivity contribution in [1.82, 2.24) is 4.90 Å². The van der Waals surface area contributed by atoms with E-state index in [0.29, 0.717) is 24.7 Å². The fourth-order valence-corrected chi connectivity index (χ4v) is 4.42. The third-order valence-electron chi connectivity index (χ3n) is 5.94. The summed E-state index contributed by atoms with van der Waals surface area (Å²) in [5.74, 6) is -0.0133. The summed E-state index contributed by atoms with van der Waals surface area (Å²) >= 11 is 0. The van der Waals surface area contributed by atoms with Crippen LogP contribution in [0.2, 0.25) is 0 Å². The van der Waals surface area contributed by atoms with E-state index in [4.69, 9.17) is 9.47 Å². The summed E-state index contributed by atoms with van der Waals surface area (Å²) in [7, 11) is 1.71. The number of hydrogen-bond acceptors (Lipinski definition) is 4. The number of carbonyl (C=O) groups is 1. The fraction of sp³-hybridized carbons (Fsp3) is 0.947. The molecule has 1 saturated carbocycles. The van der Waals surface area contributed by atoms with Gasteiger partial charge in [0, 0.05) is 19.8 Å². The van der Waals surface area contributed by atoms with Gasteiger partial charge in [-0.1, -0.05) is 20.3 Å². The normalized spacial score (nSPS) is 27.6. The van der Waals surface area contributed by atoms with Crippen molar-refractivity contribution in [2.24, 2.45) is 10.8 Å². The molecule has 2 fully saturated rings. The molecular formula is C19H35NO3. The minimum absolute atomic E-state index is 0.0133. The Hall–Kier alpha value is -0.610. The lowest BCUT2D eigenvalue weighted by Gasteiger charge is -2.46. The van der Waals surface area contributed by atoms with Gasteiger partial charge in [0.25, 0.3) is 0 Å². The molecule has 0 amide bonds. The number of ether oxygens (including phenoxy) is 2. The lowest BCUT2D eigenvalue weighted by atomic mass is 9.72. The first-order chi connectivity index (χ1) is 10.9. The Balaban J connectivity index is 1.97. The van der Waals surface area contributed by atoms with E-state index in [1.165, 1.54) is 25.7 Å². The van der Waals surface area contributed by atoms with Crippen molar-refractivity contribution in [2.75, 3.05) is 33.4 Å². The predicted molar refractivity (Wildman–Crippen MR) is 92.4 cm³/mol. The molecule has 0 bridgehead atoms. The van der Waals surface area contributed by atoms with Crippen LogP contribution in [-0.2, 0) is 14.3 Å². The van der Waals surface area contributed by atoms with Crippen molar-refractivity contribution in [1.29, 1.82) is 0 Å². The van der Waals surface area contributed by atoms with Crippen LogP contribution in [0.1, 0.15) is 65.7 Å². The van der Waals surface area contributed by atoms with E-state index < -0.39 is 0 Å². The zero-order chi connectivity index (χ0) is 16.9. The van der Waals surface area contributed by atoms with Crippen molar-refractivity contribution in [3.8, 4) is 0 Å². The number of methoxy groups -OCH3 is 1. The standard InChI is InChI=1S/C19H35NO3/c1-5-23-17(21)19(11-14-22-4)9-12-20(13-10-19)16-7-6-8-18(2,3)15-16/h16H,5-15H2,1-4H3. The Kier molecular flexibility index (Phi) is 6.49. The Morgan fingerprint density at radius 1 is 1.22 bits per heavy atom. The van der Waals surface area contributed by atoms with Crippen LogP contribution in [0, 0.1) is 10.8 Å². The Labute approximate surface area is 141 Å². The highest BCUT2D eigenvalue weighted by molar-refractivity contribution is 5.77. The highest BCUT2D eigenvalue weighted by Crippen LogP contribution is 2.41. The molecule has 0 N–H and O–H groups in total. The topological polar surface area (TPSA) is 38.8 Å². The monoisotopic (exact) mass is 325 g/mol. The van der Waals surface area contributed by atoms with Crippen LogP contribution in [0.15, 0.2) is 0 Å². The van der Waals surface area contributed by atoms with Crippen molar-refractivity contribution >= 4 is 5.97 Å². The Morgan fingerprint density at radius 3 is 2.48 bits per heavy atom. The van der Waals surface area contributed by atoms with Crippen molar-refractivity contribution in [3.63, 3.8) is 0 Å². The van der Waals surface area contributed by atoms with Gasteiger partial charge in [-0.2, -0.15) is 0 Å². The van der Waals surface area contributed by atoms with Gasteiger partial charge in [0.2, 0.25) is 0 Å². The van der Waals surface area contributed by atoms with E-state index in [1.54, 1.807) is 7.11 Å². The van der Waals surface area contributed by atoms with Crippen molar-refractivity contribution in [2.45, 2.75) is 71.8 Å². The van der Waals surface area contributed by atoms with E-state index in [-0.39, 0.29) is 11.4 Å². The quantitative estimate of drug-likeness (QED) is 0.699. The second-order valence-corrected chi connectivity index (χ2v) is 8.19. The third kappa shape index (κ3) is 4.69. The highest BCUT2D eigenvalue weighted by atomic mass is 16.5. The molecule has 1 saturated heterocycles. The lowest BCUT2D eigenvalue weighted by Crippen LogP contribution is -2.50. The maximum Gasteiger partial charge on any atom is 0.312 e. The molecule has 1 unspecified atom stereocenters. The van der Waals surface area contributed by atoms with Gasteiger partial charge in [-0.05, 0) is 64.0 Å². The SMILES string of the molecule is CCOC(=O)C1(CCOC)CCN(C2CCCC(C)(C)C2)CC1. The van der Waals surface area contributed by atoms with Gasteiger partial charge in [0.1, 0.15) is 0 Å². The molecule has 0 spiro atoms. The van der Waals surface area contributed by atoms with Gasteiger partial charge in [-0.15, -0.1) is 0 Å². The molecule has 4 nitrogen and oxygen atoms in total. The summed E-state index contributed by atoms with van der Waals surface area (Å²) in [6.45, 7) is 9.81. The number of likely N-dealkylation sites (tertiary alicyclic amines) is 1. The van der Waals surface area contributed by atoms with E-state index in [0.717, 1.165) is 32.4 Å². The van der Waals surface area contributed by atoms with Crippen LogP contribution in [0.3, 0.4) is 0 Å². The number of esters is 1. The number of hydrogen-bond donors (Lipinski definition) is 0. The molecule has 0 radical (unpaired) electrons. The average molecular weight is 325 g/mol. The first kappa shape index (κ1) is 18.7. The fourth-order valence-electron chi connectivity index (χ4n) is 4.42. The first-order valence-electron chi connectivity index (χ1n) is 9.33. The molecule has 23 heavy (non-hydrogen) atoms. The molecule has 134 valence electrons. The molecule has 0 aromatic rings. The predicted octanol–water partition coefficient (Wildman–Crippen LogP) is 3.64. The van der Waals surface area contributed by atoms with Crippen LogP contribution in [0.5, 0.6) is 0 Å².